The molecule has 0 aromatic heterocycles. The summed E-state index contributed by atoms with van der Waals surface area (Å²) in [7, 11) is 0. The number of aliphatic carboxylic acids is 1. The summed E-state index contributed by atoms with van der Waals surface area (Å²) in [6.45, 7) is 5.55. The molecule has 2 N–H and O–H groups in total. The number of nitrogens with one attached hydrogen (secondary N) is 1. The monoisotopic (exact) mass is 373 g/mol. The third-order valence-electron chi connectivity index (χ3n) is 3.82. The smallest absolute Gasteiger partial charge is 0.307 e. The van der Waals surface area contributed by atoms with E-state index in [0.717, 1.165) is 14.8 Å². The molecule has 1 fully saturated rings. The lowest BCUT2D eigenvalue weighted by atomic mass is 10.1. The lowest BCUT2D eigenvalue weighted by molar-refractivity contribution is -0.140. The molecule has 1 aromatic carbocycles. The van der Waals surface area contributed by atoms with E-state index < -0.39 is 23.2 Å². The molecule has 1 aliphatic rings. The number of anilines is 1. The standard InChI is InChI=1S/C14H16INO3/c1-7-6-8(15)4-5-9(7)16-12(17)10-11(13(18)19)14(10,2)3/h4-6,10-11H,1-3H3,(H,16,17)(H,18,19). The van der Waals surface area contributed by atoms with Gasteiger partial charge in [0.05, 0.1) is 11.8 Å². The summed E-state index contributed by atoms with van der Waals surface area (Å²) in [6.07, 6.45) is 0. The molecule has 1 aliphatic carbocycles. The number of hydrogen-bond acceptors (Lipinski definition) is 2. The minimum atomic E-state index is -0.899. The van der Waals surface area contributed by atoms with Gasteiger partial charge in [-0.05, 0) is 58.7 Å². The maximum atomic E-state index is 12.2. The number of aryl methyl sites for hydroxylation is 1. The van der Waals surface area contributed by atoms with Crippen molar-refractivity contribution in [2.75, 3.05) is 5.32 Å². The van der Waals surface area contributed by atoms with Crippen LogP contribution in [-0.4, -0.2) is 17.0 Å². The van der Waals surface area contributed by atoms with E-state index in [1.165, 1.54) is 0 Å². The Balaban J connectivity index is 2.13. The van der Waals surface area contributed by atoms with Crippen molar-refractivity contribution in [1.29, 1.82) is 0 Å². The first-order chi connectivity index (χ1) is 8.75. The van der Waals surface area contributed by atoms with Crippen LogP contribution >= 0.6 is 22.6 Å². The second-order valence-electron chi connectivity index (χ2n) is 5.56. The van der Waals surface area contributed by atoms with E-state index in [9.17, 15) is 9.59 Å². The maximum Gasteiger partial charge on any atom is 0.307 e. The number of carboxylic acids is 1. The Morgan fingerprint density at radius 1 is 1.32 bits per heavy atom. The molecule has 2 unspecified atom stereocenters. The third-order valence-corrected chi connectivity index (χ3v) is 4.49. The number of carbonyl (C=O) groups excluding carboxylic acids is 1. The highest BCUT2D eigenvalue weighted by Gasteiger charge is 2.65. The van der Waals surface area contributed by atoms with Crippen LogP contribution in [0.25, 0.3) is 0 Å². The van der Waals surface area contributed by atoms with E-state index in [1.54, 1.807) is 0 Å². The van der Waals surface area contributed by atoms with Gasteiger partial charge in [-0.2, -0.15) is 0 Å². The predicted octanol–water partition coefficient (Wildman–Crippen LogP) is 2.89. The Morgan fingerprint density at radius 2 is 1.95 bits per heavy atom. The molecule has 2 rings (SSSR count). The first-order valence-electron chi connectivity index (χ1n) is 6.05. The highest BCUT2D eigenvalue weighted by Crippen LogP contribution is 2.58. The molecule has 2 atom stereocenters. The van der Waals surface area contributed by atoms with Crippen LogP contribution in [0.4, 0.5) is 5.69 Å². The van der Waals surface area contributed by atoms with Crippen LogP contribution in [0.3, 0.4) is 0 Å². The molecule has 4 nitrogen and oxygen atoms in total. The Bertz CT molecular complexity index is 554. The topological polar surface area (TPSA) is 66.4 Å². The number of hydrogen-bond donors (Lipinski definition) is 2. The molecule has 0 saturated heterocycles. The van der Waals surface area contributed by atoms with Crippen LogP contribution in [0.15, 0.2) is 18.2 Å². The van der Waals surface area contributed by atoms with Crippen LogP contribution in [0.5, 0.6) is 0 Å². The molecule has 0 aliphatic heterocycles. The molecule has 1 amide bonds. The highest BCUT2D eigenvalue weighted by molar-refractivity contribution is 14.1. The normalized spacial score (nSPS) is 23.8. The summed E-state index contributed by atoms with van der Waals surface area (Å²) >= 11 is 2.21. The van der Waals surface area contributed by atoms with Crippen LogP contribution in [0.1, 0.15) is 19.4 Å². The van der Waals surface area contributed by atoms with Crippen LogP contribution in [0, 0.1) is 27.7 Å². The van der Waals surface area contributed by atoms with Gasteiger partial charge in [0, 0.05) is 9.26 Å². The fraction of sp³-hybridized carbons (Fsp3) is 0.429. The SMILES string of the molecule is Cc1cc(I)ccc1NC(=O)C1C(C(=O)O)C1(C)C. The molecule has 102 valence electrons. The van der Waals surface area contributed by atoms with Gasteiger partial charge >= 0.3 is 5.97 Å². The van der Waals surface area contributed by atoms with Crippen LogP contribution in [-0.2, 0) is 9.59 Å². The summed E-state index contributed by atoms with van der Waals surface area (Å²) in [5, 5.41) is 11.9. The van der Waals surface area contributed by atoms with Gasteiger partial charge in [0.2, 0.25) is 5.91 Å². The summed E-state index contributed by atoms with van der Waals surface area (Å²) in [5.41, 5.74) is 1.26. The Morgan fingerprint density at radius 3 is 2.42 bits per heavy atom. The summed E-state index contributed by atoms with van der Waals surface area (Å²) in [4.78, 5) is 23.2. The van der Waals surface area contributed by atoms with Crippen molar-refractivity contribution in [2.24, 2.45) is 17.3 Å². The van der Waals surface area contributed by atoms with Gasteiger partial charge in [-0.3, -0.25) is 9.59 Å². The van der Waals surface area contributed by atoms with E-state index in [1.807, 2.05) is 39.0 Å². The molecule has 0 bridgehead atoms. The van der Waals surface area contributed by atoms with Gasteiger partial charge in [0.1, 0.15) is 0 Å². The Labute approximate surface area is 125 Å². The molecule has 0 spiro atoms. The van der Waals surface area contributed by atoms with Crippen molar-refractivity contribution in [3.63, 3.8) is 0 Å². The van der Waals surface area contributed by atoms with Crippen molar-refractivity contribution in [3.8, 4) is 0 Å². The fourth-order valence-corrected chi connectivity index (χ4v) is 3.21. The van der Waals surface area contributed by atoms with Crippen LogP contribution in [0.2, 0.25) is 0 Å². The predicted molar refractivity (Wildman–Crippen MR) is 80.9 cm³/mol. The number of halogens is 1. The van der Waals surface area contributed by atoms with Crippen LogP contribution < -0.4 is 5.32 Å². The van der Waals surface area contributed by atoms with E-state index >= 15 is 0 Å². The number of rotatable bonds is 3. The maximum absolute atomic E-state index is 12.2. The second kappa shape index (κ2) is 4.77. The number of carboxylic acid groups (broad SMARTS) is 1. The van der Waals surface area contributed by atoms with Crippen molar-refractivity contribution in [1.82, 2.24) is 0 Å². The van der Waals surface area contributed by atoms with Crippen molar-refractivity contribution >= 4 is 40.2 Å². The number of benzene rings is 1. The molecular formula is C14H16INO3. The first kappa shape index (κ1) is 14.3. The summed E-state index contributed by atoms with van der Waals surface area (Å²) < 4.78 is 1.10. The Kier molecular flexibility index (Phi) is 3.59. The van der Waals surface area contributed by atoms with E-state index in [-0.39, 0.29) is 5.91 Å². The van der Waals surface area contributed by atoms with Gasteiger partial charge in [0.25, 0.3) is 0 Å². The van der Waals surface area contributed by atoms with Crippen molar-refractivity contribution in [2.45, 2.75) is 20.8 Å². The van der Waals surface area contributed by atoms with E-state index in [2.05, 4.69) is 27.9 Å². The minimum Gasteiger partial charge on any atom is -0.481 e. The number of carbonyl (C=O) groups is 2. The molecule has 0 radical (unpaired) electrons. The fourth-order valence-electron chi connectivity index (χ4n) is 2.57. The van der Waals surface area contributed by atoms with Gasteiger partial charge in [0.15, 0.2) is 0 Å². The zero-order valence-electron chi connectivity index (χ0n) is 11.0. The lowest BCUT2D eigenvalue weighted by Gasteiger charge is -2.09. The van der Waals surface area contributed by atoms with Crippen molar-refractivity contribution < 1.29 is 14.7 Å². The molecular weight excluding hydrogens is 357 g/mol. The van der Waals surface area contributed by atoms with Gasteiger partial charge in [-0.1, -0.05) is 13.8 Å². The van der Waals surface area contributed by atoms with E-state index in [4.69, 9.17) is 5.11 Å². The molecule has 5 heteroatoms. The summed E-state index contributed by atoms with van der Waals surface area (Å²) in [5.74, 6) is -2.15. The second-order valence-corrected chi connectivity index (χ2v) is 6.81. The van der Waals surface area contributed by atoms with Gasteiger partial charge < -0.3 is 10.4 Å². The van der Waals surface area contributed by atoms with Crippen molar-refractivity contribution in [3.05, 3.63) is 27.3 Å². The largest absolute Gasteiger partial charge is 0.481 e. The zero-order valence-corrected chi connectivity index (χ0v) is 13.2. The van der Waals surface area contributed by atoms with Gasteiger partial charge in [-0.15, -0.1) is 0 Å². The molecule has 19 heavy (non-hydrogen) atoms. The molecule has 1 aromatic rings. The quantitative estimate of drug-likeness (QED) is 0.801. The number of amides is 1. The first-order valence-corrected chi connectivity index (χ1v) is 7.13. The van der Waals surface area contributed by atoms with E-state index in [0.29, 0.717) is 0 Å². The lowest BCUT2D eigenvalue weighted by Crippen LogP contribution is -2.18. The average molecular weight is 373 g/mol. The summed E-state index contributed by atoms with van der Waals surface area (Å²) in [6, 6.07) is 5.74. The van der Waals surface area contributed by atoms with Gasteiger partial charge in [-0.25, -0.2) is 0 Å². The highest BCUT2D eigenvalue weighted by atomic mass is 127. The minimum absolute atomic E-state index is 0.207. The molecule has 1 saturated carbocycles. The molecule has 0 heterocycles. The average Bonchev–Trinajstić information content (AvgIpc) is 2.86. The Hall–Kier alpha value is -1.11. The third kappa shape index (κ3) is 2.61. The zero-order chi connectivity index (χ0) is 14.4.